The Morgan fingerprint density at radius 2 is 1.81 bits per heavy atom. The Morgan fingerprint density at radius 3 is 2.59 bits per heavy atom. The van der Waals surface area contributed by atoms with E-state index in [4.69, 9.17) is 14.2 Å². The van der Waals surface area contributed by atoms with Crippen molar-refractivity contribution in [2.75, 3.05) is 18.5 Å². The van der Waals surface area contributed by atoms with Crippen LogP contribution < -0.4 is 19.5 Å². The molecule has 7 nitrogen and oxygen atoms in total. The number of fused-ring (bicyclic) bond motifs is 1. The molecule has 1 aliphatic heterocycles. The normalized spacial score (nSPS) is 15.1. The lowest BCUT2D eigenvalue weighted by molar-refractivity contribution is -0.156. The van der Waals surface area contributed by atoms with Crippen LogP contribution in [0.5, 0.6) is 17.2 Å². The zero-order valence-corrected chi connectivity index (χ0v) is 13.9. The average Bonchev–Trinajstić information content (AvgIpc) is 2.67. The number of anilines is 1. The zero-order chi connectivity index (χ0) is 19.2. The van der Waals surface area contributed by atoms with E-state index in [1.165, 1.54) is 24.3 Å². The zero-order valence-electron chi connectivity index (χ0n) is 13.9. The number of hydrogen-bond acceptors (Lipinski definition) is 6. The van der Waals surface area contributed by atoms with Gasteiger partial charge in [-0.05, 0) is 24.3 Å². The summed E-state index contributed by atoms with van der Waals surface area (Å²) in [7, 11) is 0. The van der Waals surface area contributed by atoms with Gasteiger partial charge in [0.25, 0.3) is 5.91 Å². The minimum Gasteiger partial charge on any atom is -0.485 e. The maximum Gasteiger partial charge on any atom is 0.387 e. The number of benzene rings is 2. The fourth-order valence-electron chi connectivity index (χ4n) is 2.32. The van der Waals surface area contributed by atoms with Crippen LogP contribution in [0.15, 0.2) is 48.5 Å². The molecule has 2 aromatic carbocycles. The molecule has 27 heavy (non-hydrogen) atoms. The number of esters is 1. The predicted octanol–water partition coefficient (Wildman–Crippen LogP) is 2.61. The molecule has 0 unspecified atom stereocenters. The average molecular weight is 379 g/mol. The van der Waals surface area contributed by atoms with Crippen molar-refractivity contribution in [2.45, 2.75) is 12.7 Å². The van der Waals surface area contributed by atoms with Crippen LogP contribution in [0.1, 0.15) is 0 Å². The molecule has 0 bridgehead atoms. The number of halogens is 2. The number of rotatable bonds is 6. The highest BCUT2D eigenvalue weighted by Crippen LogP contribution is 2.31. The van der Waals surface area contributed by atoms with E-state index in [-0.39, 0.29) is 18.0 Å². The van der Waals surface area contributed by atoms with Crippen LogP contribution in [-0.2, 0) is 14.3 Å². The highest BCUT2D eigenvalue weighted by molar-refractivity contribution is 5.94. The van der Waals surface area contributed by atoms with Crippen molar-refractivity contribution in [1.82, 2.24) is 0 Å². The van der Waals surface area contributed by atoms with E-state index in [2.05, 4.69) is 10.1 Å². The summed E-state index contributed by atoms with van der Waals surface area (Å²) < 4.78 is 44.8. The molecular formula is C18H15F2NO6. The second-order valence-electron chi connectivity index (χ2n) is 5.39. The van der Waals surface area contributed by atoms with Crippen molar-refractivity contribution in [3.8, 4) is 17.2 Å². The van der Waals surface area contributed by atoms with Crippen LogP contribution in [-0.4, -0.2) is 37.8 Å². The predicted molar refractivity (Wildman–Crippen MR) is 89.0 cm³/mol. The summed E-state index contributed by atoms with van der Waals surface area (Å²) in [5, 5.41) is 2.34. The van der Waals surface area contributed by atoms with Gasteiger partial charge in [-0.25, -0.2) is 4.79 Å². The van der Waals surface area contributed by atoms with Crippen molar-refractivity contribution in [3.63, 3.8) is 0 Å². The molecule has 1 N–H and O–H groups in total. The summed E-state index contributed by atoms with van der Waals surface area (Å²) in [6.45, 7) is -3.71. The molecule has 1 amide bonds. The van der Waals surface area contributed by atoms with E-state index in [0.717, 1.165) is 0 Å². The third-order valence-corrected chi connectivity index (χ3v) is 3.49. The van der Waals surface area contributed by atoms with Crippen LogP contribution in [0.4, 0.5) is 14.5 Å². The van der Waals surface area contributed by atoms with Gasteiger partial charge in [-0.3, -0.25) is 4.79 Å². The molecule has 1 atom stereocenters. The number of para-hydroxylation sites is 4. The Balaban J connectivity index is 1.52. The Kier molecular flexibility index (Phi) is 5.70. The van der Waals surface area contributed by atoms with E-state index >= 15 is 0 Å². The number of nitrogens with one attached hydrogen (secondary N) is 1. The molecule has 0 aromatic heterocycles. The molecule has 3 rings (SSSR count). The lowest BCUT2D eigenvalue weighted by Crippen LogP contribution is -2.39. The lowest BCUT2D eigenvalue weighted by atomic mass is 10.2. The highest BCUT2D eigenvalue weighted by atomic mass is 19.3. The summed E-state index contributed by atoms with van der Waals surface area (Å²) in [6, 6.07) is 12.5. The van der Waals surface area contributed by atoms with E-state index in [9.17, 15) is 18.4 Å². The molecule has 1 aliphatic rings. The molecule has 0 spiro atoms. The van der Waals surface area contributed by atoms with Gasteiger partial charge in [0.1, 0.15) is 12.4 Å². The van der Waals surface area contributed by atoms with E-state index in [1.54, 1.807) is 24.3 Å². The summed E-state index contributed by atoms with van der Waals surface area (Å²) >= 11 is 0. The summed E-state index contributed by atoms with van der Waals surface area (Å²) in [6.07, 6.45) is -1.01. The van der Waals surface area contributed by atoms with Gasteiger partial charge in [0.2, 0.25) is 6.10 Å². The maximum atomic E-state index is 12.4. The molecule has 0 fully saturated rings. The lowest BCUT2D eigenvalue weighted by Gasteiger charge is -2.24. The molecule has 2 aromatic rings. The van der Waals surface area contributed by atoms with Crippen molar-refractivity contribution in [3.05, 3.63) is 48.5 Å². The van der Waals surface area contributed by atoms with Crippen LogP contribution in [0, 0.1) is 0 Å². The van der Waals surface area contributed by atoms with Gasteiger partial charge in [-0.15, -0.1) is 0 Å². The number of carbonyl (C=O) groups is 2. The molecule has 142 valence electrons. The van der Waals surface area contributed by atoms with E-state index in [1.807, 2.05) is 0 Å². The highest BCUT2D eigenvalue weighted by Gasteiger charge is 2.29. The first-order valence-corrected chi connectivity index (χ1v) is 7.92. The monoisotopic (exact) mass is 379 g/mol. The third-order valence-electron chi connectivity index (χ3n) is 3.49. The number of amides is 1. The van der Waals surface area contributed by atoms with E-state index in [0.29, 0.717) is 11.5 Å². The van der Waals surface area contributed by atoms with Gasteiger partial charge >= 0.3 is 12.6 Å². The first kappa shape index (κ1) is 18.4. The van der Waals surface area contributed by atoms with Gasteiger partial charge in [0.05, 0.1) is 5.69 Å². The minimum absolute atomic E-state index is 0.0324. The molecule has 9 heteroatoms. The van der Waals surface area contributed by atoms with Crippen molar-refractivity contribution in [2.24, 2.45) is 0 Å². The van der Waals surface area contributed by atoms with Crippen LogP contribution in [0.25, 0.3) is 0 Å². The van der Waals surface area contributed by atoms with Gasteiger partial charge in [0.15, 0.2) is 18.1 Å². The number of hydrogen-bond donors (Lipinski definition) is 1. The Hall–Kier alpha value is -3.36. The Bertz CT molecular complexity index is 829. The van der Waals surface area contributed by atoms with Crippen molar-refractivity contribution < 1.29 is 37.3 Å². The molecule has 1 heterocycles. The minimum atomic E-state index is -3.03. The quantitative estimate of drug-likeness (QED) is 0.777. The fourth-order valence-corrected chi connectivity index (χ4v) is 2.32. The molecule has 0 saturated heterocycles. The van der Waals surface area contributed by atoms with Gasteiger partial charge in [0, 0.05) is 0 Å². The second-order valence-corrected chi connectivity index (χ2v) is 5.39. The van der Waals surface area contributed by atoms with Crippen LogP contribution in [0.2, 0.25) is 0 Å². The van der Waals surface area contributed by atoms with Crippen molar-refractivity contribution in [1.29, 1.82) is 0 Å². The summed E-state index contributed by atoms with van der Waals surface area (Å²) in [5.41, 5.74) is 0.0324. The van der Waals surface area contributed by atoms with Gasteiger partial charge in [-0.1, -0.05) is 24.3 Å². The SMILES string of the molecule is O=C(COC(=O)[C@H]1COc2ccccc2O1)Nc1ccccc1OC(F)F. The second kappa shape index (κ2) is 8.35. The summed E-state index contributed by atoms with van der Waals surface area (Å²) in [4.78, 5) is 24.0. The molecule has 0 saturated carbocycles. The van der Waals surface area contributed by atoms with Gasteiger partial charge < -0.3 is 24.3 Å². The number of carbonyl (C=O) groups excluding carboxylic acids is 2. The molecule has 0 radical (unpaired) electrons. The van der Waals surface area contributed by atoms with E-state index < -0.39 is 31.2 Å². The first-order chi connectivity index (χ1) is 13.0. The molecule has 0 aliphatic carbocycles. The van der Waals surface area contributed by atoms with Gasteiger partial charge in [-0.2, -0.15) is 8.78 Å². The summed E-state index contributed by atoms with van der Waals surface area (Å²) in [5.74, 6) is -0.793. The molecular weight excluding hydrogens is 364 g/mol. The largest absolute Gasteiger partial charge is 0.485 e. The first-order valence-electron chi connectivity index (χ1n) is 7.92. The number of ether oxygens (including phenoxy) is 4. The topological polar surface area (TPSA) is 83.1 Å². The Morgan fingerprint density at radius 1 is 1.11 bits per heavy atom. The number of alkyl halides is 2. The van der Waals surface area contributed by atoms with Crippen LogP contribution in [0.3, 0.4) is 0 Å². The van der Waals surface area contributed by atoms with Crippen molar-refractivity contribution >= 4 is 17.6 Å². The smallest absolute Gasteiger partial charge is 0.387 e. The fraction of sp³-hybridized carbons (Fsp3) is 0.222. The standard InChI is InChI=1S/C18H15F2NO6/c19-18(20)27-12-6-2-1-5-11(12)21-16(22)10-25-17(23)15-9-24-13-7-3-4-8-14(13)26-15/h1-8,15,18H,9-10H2,(H,21,22)/t15-/m1/s1. The maximum absolute atomic E-state index is 12.4. The third kappa shape index (κ3) is 4.84. The van der Waals surface area contributed by atoms with Crippen LogP contribution >= 0.6 is 0 Å². The Labute approximate surface area is 152 Å².